The van der Waals surface area contributed by atoms with Gasteiger partial charge in [0.1, 0.15) is 4.90 Å². The second kappa shape index (κ2) is 7.79. The van der Waals surface area contributed by atoms with E-state index < -0.39 is 14.9 Å². The minimum absolute atomic E-state index is 0.0104. The lowest BCUT2D eigenvalue weighted by Gasteiger charge is -2.39. The Morgan fingerprint density at radius 2 is 1.86 bits per heavy atom. The maximum atomic E-state index is 13.3. The fourth-order valence-electron chi connectivity index (χ4n) is 4.41. The molecule has 1 atom stereocenters. The van der Waals surface area contributed by atoms with Crippen LogP contribution in [-0.4, -0.2) is 73.9 Å². The number of rotatable bonds is 5. The molecule has 3 heterocycles. The number of nitrogens with zero attached hydrogens (tertiary/aromatic N) is 4. The lowest BCUT2D eigenvalue weighted by molar-refractivity contribution is -0.385. The Morgan fingerprint density at radius 3 is 2.52 bits per heavy atom. The van der Waals surface area contributed by atoms with Gasteiger partial charge in [0.2, 0.25) is 10.0 Å². The summed E-state index contributed by atoms with van der Waals surface area (Å²) in [5, 5.41) is 14.1. The summed E-state index contributed by atoms with van der Waals surface area (Å²) in [6.07, 6.45) is 3.25. The lowest BCUT2D eigenvalue weighted by atomic mass is 10.0. The summed E-state index contributed by atoms with van der Waals surface area (Å²) in [6, 6.07) is 3.96. The summed E-state index contributed by atoms with van der Waals surface area (Å²) >= 11 is 0. The average molecular weight is 423 g/mol. The molecule has 0 saturated carbocycles. The van der Waals surface area contributed by atoms with Gasteiger partial charge >= 0.3 is 6.03 Å². The molecule has 0 spiro atoms. The van der Waals surface area contributed by atoms with Gasteiger partial charge in [-0.3, -0.25) is 10.1 Å². The molecule has 0 aromatic heterocycles. The van der Waals surface area contributed by atoms with E-state index in [-0.39, 0.29) is 22.7 Å². The zero-order chi connectivity index (χ0) is 20.6. The minimum Gasteiger partial charge on any atom is -0.368 e. The van der Waals surface area contributed by atoms with Crippen molar-refractivity contribution in [1.82, 2.24) is 14.5 Å². The van der Waals surface area contributed by atoms with E-state index in [0.717, 1.165) is 25.7 Å². The number of urea groups is 1. The molecular weight excluding hydrogens is 398 g/mol. The van der Waals surface area contributed by atoms with Crippen LogP contribution in [0.15, 0.2) is 23.1 Å². The normalized spacial score (nSPS) is 23.4. The molecule has 10 nitrogen and oxygen atoms in total. The summed E-state index contributed by atoms with van der Waals surface area (Å²) in [5.74, 6) is 0. The molecule has 1 aromatic rings. The number of carbonyl (C=O) groups excluding carboxylic acids is 1. The maximum Gasteiger partial charge on any atom is 0.317 e. The standard InChI is InChI=1S/C18H25N5O5S/c24-18-19-7-11-22(18)15-4-3-8-20(13-15)16-6-5-14(23(25)26)12-17(16)29(27,28)21-9-1-2-10-21/h5-6,12,15H,1-4,7-11,13H2,(H,19,24)/t15-/m1/s1. The van der Waals surface area contributed by atoms with Crippen molar-refractivity contribution in [1.29, 1.82) is 0 Å². The number of sulfonamides is 1. The van der Waals surface area contributed by atoms with E-state index in [1.807, 2.05) is 4.90 Å². The predicted molar refractivity (Wildman–Crippen MR) is 106 cm³/mol. The molecule has 2 amide bonds. The number of carbonyl (C=O) groups is 1. The molecule has 29 heavy (non-hydrogen) atoms. The van der Waals surface area contributed by atoms with Crippen LogP contribution in [0.2, 0.25) is 0 Å². The number of nitro groups is 1. The first-order valence-electron chi connectivity index (χ1n) is 9.96. The van der Waals surface area contributed by atoms with E-state index in [1.54, 1.807) is 4.90 Å². The van der Waals surface area contributed by atoms with Gasteiger partial charge in [-0.1, -0.05) is 0 Å². The predicted octanol–water partition coefficient (Wildman–Crippen LogP) is 1.37. The Bertz CT molecular complexity index is 915. The van der Waals surface area contributed by atoms with Crippen LogP contribution in [-0.2, 0) is 10.0 Å². The molecule has 0 radical (unpaired) electrons. The average Bonchev–Trinajstić information content (AvgIpc) is 3.40. The van der Waals surface area contributed by atoms with Crippen LogP contribution in [0.25, 0.3) is 0 Å². The molecule has 4 rings (SSSR count). The largest absolute Gasteiger partial charge is 0.368 e. The fraction of sp³-hybridized carbons (Fsp3) is 0.611. The molecule has 3 aliphatic rings. The maximum absolute atomic E-state index is 13.3. The first-order valence-corrected chi connectivity index (χ1v) is 11.4. The van der Waals surface area contributed by atoms with Crippen LogP contribution < -0.4 is 10.2 Å². The Balaban J connectivity index is 1.69. The number of nitro benzene ring substituents is 1. The third-order valence-corrected chi connectivity index (χ3v) is 7.83. The molecule has 0 aliphatic carbocycles. The van der Waals surface area contributed by atoms with Gasteiger partial charge in [0.25, 0.3) is 5.69 Å². The highest BCUT2D eigenvalue weighted by Crippen LogP contribution is 2.35. The van der Waals surface area contributed by atoms with Crippen molar-refractivity contribution in [3.8, 4) is 0 Å². The Kier molecular flexibility index (Phi) is 5.34. The Labute approximate surface area is 169 Å². The highest BCUT2D eigenvalue weighted by molar-refractivity contribution is 7.89. The molecule has 3 aliphatic heterocycles. The summed E-state index contributed by atoms with van der Waals surface area (Å²) < 4.78 is 27.9. The van der Waals surface area contributed by atoms with E-state index >= 15 is 0 Å². The number of amides is 2. The van der Waals surface area contributed by atoms with E-state index in [2.05, 4.69) is 5.32 Å². The van der Waals surface area contributed by atoms with Crippen molar-refractivity contribution in [2.45, 2.75) is 36.6 Å². The van der Waals surface area contributed by atoms with Crippen molar-refractivity contribution < 1.29 is 18.1 Å². The summed E-state index contributed by atoms with van der Waals surface area (Å²) in [6.45, 7) is 3.26. The van der Waals surface area contributed by atoms with E-state index in [9.17, 15) is 23.3 Å². The van der Waals surface area contributed by atoms with E-state index in [0.29, 0.717) is 45.0 Å². The number of nitrogens with one attached hydrogen (secondary N) is 1. The van der Waals surface area contributed by atoms with Crippen molar-refractivity contribution in [3.05, 3.63) is 28.3 Å². The van der Waals surface area contributed by atoms with Crippen molar-refractivity contribution in [3.63, 3.8) is 0 Å². The fourth-order valence-corrected chi connectivity index (χ4v) is 6.16. The summed E-state index contributed by atoms with van der Waals surface area (Å²) in [7, 11) is -3.83. The van der Waals surface area contributed by atoms with Crippen LogP contribution in [0.3, 0.4) is 0 Å². The van der Waals surface area contributed by atoms with Crippen LogP contribution in [0, 0.1) is 10.1 Å². The molecule has 11 heteroatoms. The lowest BCUT2D eigenvalue weighted by Crippen LogP contribution is -2.49. The van der Waals surface area contributed by atoms with Crippen molar-refractivity contribution in [2.24, 2.45) is 0 Å². The minimum atomic E-state index is -3.83. The van der Waals surface area contributed by atoms with Crippen molar-refractivity contribution in [2.75, 3.05) is 44.2 Å². The monoisotopic (exact) mass is 423 g/mol. The number of hydrogen-bond acceptors (Lipinski definition) is 6. The SMILES string of the molecule is O=C1NCCN1[C@@H]1CCCN(c2ccc([N+](=O)[O-])cc2S(=O)(=O)N2CCCC2)C1. The highest BCUT2D eigenvalue weighted by atomic mass is 32.2. The molecule has 1 aromatic carbocycles. The van der Waals surface area contributed by atoms with Gasteiger partial charge in [0.15, 0.2) is 0 Å². The smallest absolute Gasteiger partial charge is 0.317 e. The van der Waals surface area contributed by atoms with Gasteiger partial charge in [0, 0.05) is 51.4 Å². The molecule has 158 valence electrons. The molecule has 0 bridgehead atoms. The number of benzene rings is 1. The highest BCUT2D eigenvalue weighted by Gasteiger charge is 2.36. The van der Waals surface area contributed by atoms with E-state index in [4.69, 9.17) is 0 Å². The Morgan fingerprint density at radius 1 is 1.10 bits per heavy atom. The second-order valence-corrected chi connectivity index (χ2v) is 9.59. The summed E-state index contributed by atoms with van der Waals surface area (Å²) in [4.78, 5) is 26.5. The molecule has 3 saturated heterocycles. The first kappa shape index (κ1) is 19.9. The van der Waals surface area contributed by atoms with Gasteiger partial charge < -0.3 is 15.1 Å². The molecule has 1 N–H and O–H groups in total. The number of non-ortho nitro benzene ring substituents is 1. The second-order valence-electron chi connectivity index (χ2n) is 7.69. The zero-order valence-corrected chi connectivity index (χ0v) is 16.9. The number of anilines is 1. The molecule has 3 fully saturated rings. The summed E-state index contributed by atoms with van der Waals surface area (Å²) in [5.41, 5.74) is 0.241. The number of piperidine rings is 1. The van der Waals surface area contributed by atoms with Crippen molar-refractivity contribution >= 4 is 27.4 Å². The van der Waals surface area contributed by atoms with Gasteiger partial charge in [-0.15, -0.1) is 0 Å². The van der Waals surface area contributed by atoms with Crippen LogP contribution in [0.4, 0.5) is 16.2 Å². The Hall–Kier alpha value is -2.40. The van der Waals surface area contributed by atoms with E-state index in [1.165, 1.54) is 22.5 Å². The number of hydrogen-bond donors (Lipinski definition) is 1. The van der Waals surface area contributed by atoms with Crippen LogP contribution >= 0.6 is 0 Å². The van der Waals surface area contributed by atoms with Gasteiger partial charge in [-0.2, -0.15) is 4.31 Å². The van der Waals surface area contributed by atoms with Gasteiger partial charge in [-0.25, -0.2) is 13.2 Å². The van der Waals surface area contributed by atoms with Crippen LogP contribution in [0.1, 0.15) is 25.7 Å². The third-order valence-electron chi connectivity index (χ3n) is 5.90. The molecule has 0 unspecified atom stereocenters. The topological polar surface area (TPSA) is 116 Å². The van der Waals surface area contributed by atoms with Crippen LogP contribution in [0.5, 0.6) is 0 Å². The third kappa shape index (κ3) is 3.76. The zero-order valence-electron chi connectivity index (χ0n) is 16.1. The van der Waals surface area contributed by atoms with Gasteiger partial charge in [0.05, 0.1) is 16.7 Å². The van der Waals surface area contributed by atoms with Gasteiger partial charge in [-0.05, 0) is 31.7 Å². The molecular formula is C18H25N5O5S. The quantitative estimate of drug-likeness (QED) is 0.565. The first-order chi connectivity index (χ1) is 13.9.